The average Bonchev–Trinajstić information content (AvgIpc) is 3.20. The first kappa shape index (κ1) is 17.0. The lowest BCUT2D eigenvalue weighted by atomic mass is 9.96. The van der Waals surface area contributed by atoms with Crippen LogP contribution in [0.4, 0.5) is 0 Å². The molecule has 1 aliphatic rings. The van der Waals surface area contributed by atoms with Gasteiger partial charge in [-0.2, -0.15) is 10.4 Å². The number of aromatic amines is 1. The summed E-state index contributed by atoms with van der Waals surface area (Å²) < 4.78 is 0. The van der Waals surface area contributed by atoms with Gasteiger partial charge in [0.2, 0.25) is 0 Å². The van der Waals surface area contributed by atoms with Crippen molar-refractivity contribution in [3.63, 3.8) is 0 Å². The van der Waals surface area contributed by atoms with Gasteiger partial charge in [0.1, 0.15) is 12.2 Å². The third kappa shape index (κ3) is 4.35. The van der Waals surface area contributed by atoms with E-state index in [-0.39, 0.29) is 0 Å². The first-order chi connectivity index (χ1) is 12.3. The third-order valence-corrected chi connectivity index (χ3v) is 4.44. The highest BCUT2D eigenvalue weighted by Crippen LogP contribution is 2.25. The summed E-state index contributed by atoms with van der Waals surface area (Å²) in [5, 5.41) is 19.2. The Balaban J connectivity index is 1.61. The number of piperidine rings is 1. The Labute approximate surface area is 147 Å². The van der Waals surface area contributed by atoms with E-state index in [1.165, 1.54) is 0 Å². The summed E-state index contributed by atoms with van der Waals surface area (Å²) in [6, 6.07) is 9.73. The van der Waals surface area contributed by atoms with Crippen LogP contribution in [0.25, 0.3) is 0 Å². The van der Waals surface area contributed by atoms with Crippen LogP contribution in [-0.4, -0.2) is 45.7 Å². The Morgan fingerprint density at radius 3 is 2.72 bits per heavy atom. The molecule has 7 nitrogen and oxygen atoms in total. The molecule has 0 radical (unpaired) electrons. The van der Waals surface area contributed by atoms with Gasteiger partial charge in [0.25, 0.3) is 0 Å². The standard InChI is InChI=1S/C18H23N7/c1-2-20-18(21-12-15-5-3-14(11-19)4-6-15)25-9-7-16(8-10-25)17-22-13-23-24-17/h3-6,13,16H,2,7-10,12H2,1H3,(H,20,21)(H,22,23,24). The number of aliphatic imine (C=N–C) groups is 1. The van der Waals surface area contributed by atoms with Gasteiger partial charge in [0.05, 0.1) is 18.2 Å². The van der Waals surface area contributed by atoms with Crippen LogP contribution >= 0.6 is 0 Å². The fourth-order valence-corrected chi connectivity index (χ4v) is 3.05. The second kappa shape index (κ2) is 8.29. The number of nitrogens with one attached hydrogen (secondary N) is 2. The summed E-state index contributed by atoms with van der Waals surface area (Å²) in [5.74, 6) is 2.38. The van der Waals surface area contributed by atoms with Crippen molar-refractivity contribution in [1.29, 1.82) is 5.26 Å². The van der Waals surface area contributed by atoms with Crippen molar-refractivity contribution in [2.75, 3.05) is 19.6 Å². The van der Waals surface area contributed by atoms with E-state index in [1.807, 2.05) is 24.3 Å². The Hall–Kier alpha value is -2.88. The van der Waals surface area contributed by atoms with Gasteiger partial charge in [-0.25, -0.2) is 9.98 Å². The number of benzene rings is 1. The highest BCUT2D eigenvalue weighted by Gasteiger charge is 2.24. The van der Waals surface area contributed by atoms with E-state index in [0.29, 0.717) is 18.0 Å². The molecule has 7 heteroatoms. The molecule has 0 spiro atoms. The molecule has 0 bridgehead atoms. The molecule has 0 atom stereocenters. The minimum atomic E-state index is 0.445. The number of H-pyrrole nitrogens is 1. The minimum Gasteiger partial charge on any atom is -0.357 e. The van der Waals surface area contributed by atoms with Gasteiger partial charge in [-0.3, -0.25) is 5.10 Å². The first-order valence-electron chi connectivity index (χ1n) is 8.67. The Morgan fingerprint density at radius 1 is 1.36 bits per heavy atom. The molecule has 1 saturated heterocycles. The van der Waals surface area contributed by atoms with E-state index in [1.54, 1.807) is 6.33 Å². The Morgan fingerprint density at radius 2 is 2.12 bits per heavy atom. The molecule has 0 unspecified atom stereocenters. The van der Waals surface area contributed by atoms with Crippen LogP contribution in [0.3, 0.4) is 0 Å². The summed E-state index contributed by atoms with van der Waals surface area (Å²) >= 11 is 0. The number of hydrogen-bond donors (Lipinski definition) is 2. The number of nitriles is 1. The smallest absolute Gasteiger partial charge is 0.194 e. The molecular weight excluding hydrogens is 314 g/mol. The van der Waals surface area contributed by atoms with E-state index in [4.69, 9.17) is 10.3 Å². The zero-order valence-corrected chi connectivity index (χ0v) is 14.4. The van der Waals surface area contributed by atoms with E-state index in [9.17, 15) is 0 Å². The summed E-state index contributed by atoms with van der Waals surface area (Å²) in [6.45, 7) is 5.43. The fourth-order valence-electron chi connectivity index (χ4n) is 3.05. The topological polar surface area (TPSA) is 93.0 Å². The van der Waals surface area contributed by atoms with Crippen LogP contribution in [0.5, 0.6) is 0 Å². The van der Waals surface area contributed by atoms with Gasteiger partial charge in [0, 0.05) is 25.6 Å². The zero-order valence-electron chi connectivity index (χ0n) is 14.4. The van der Waals surface area contributed by atoms with Crippen LogP contribution in [-0.2, 0) is 6.54 Å². The van der Waals surface area contributed by atoms with E-state index < -0.39 is 0 Å². The number of nitrogens with zero attached hydrogens (tertiary/aromatic N) is 5. The second-order valence-corrected chi connectivity index (χ2v) is 6.11. The van der Waals surface area contributed by atoms with Crippen molar-refractivity contribution < 1.29 is 0 Å². The van der Waals surface area contributed by atoms with Crippen LogP contribution in [0.2, 0.25) is 0 Å². The molecule has 3 rings (SSSR count). The van der Waals surface area contributed by atoms with Crippen molar-refractivity contribution in [2.45, 2.75) is 32.2 Å². The highest BCUT2D eigenvalue weighted by molar-refractivity contribution is 5.80. The molecule has 1 aliphatic heterocycles. The van der Waals surface area contributed by atoms with Gasteiger partial charge in [-0.15, -0.1) is 0 Å². The van der Waals surface area contributed by atoms with Gasteiger partial charge in [-0.05, 0) is 37.5 Å². The van der Waals surface area contributed by atoms with E-state index in [2.05, 4.69) is 38.4 Å². The van der Waals surface area contributed by atoms with Gasteiger partial charge in [0.15, 0.2) is 5.96 Å². The number of rotatable bonds is 4. The molecule has 1 aromatic carbocycles. The highest BCUT2D eigenvalue weighted by atomic mass is 15.3. The average molecular weight is 337 g/mol. The third-order valence-electron chi connectivity index (χ3n) is 4.44. The van der Waals surface area contributed by atoms with E-state index in [0.717, 1.165) is 49.8 Å². The molecule has 0 amide bonds. The predicted octanol–water partition coefficient (Wildman–Crippen LogP) is 2.02. The van der Waals surface area contributed by atoms with Crippen LogP contribution in [0.1, 0.15) is 42.6 Å². The number of likely N-dealkylation sites (tertiary alicyclic amines) is 1. The van der Waals surface area contributed by atoms with Gasteiger partial charge in [-0.1, -0.05) is 12.1 Å². The lowest BCUT2D eigenvalue weighted by Crippen LogP contribution is -2.45. The van der Waals surface area contributed by atoms with Crippen LogP contribution < -0.4 is 5.32 Å². The molecule has 2 aromatic rings. The van der Waals surface area contributed by atoms with Crippen molar-refractivity contribution in [3.05, 3.63) is 47.5 Å². The molecule has 0 saturated carbocycles. The monoisotopic (exact) mass is 337 g/mol. The molecule has 1 fully saturated rings. The quantitative estimate of drug-likeness (QED) is 0.658. The maximum Gasteiger partial charge on any atom is 0.194 e. The Bertz CT molecular complexity index is 720. The largest absolute Gasteiger partial charge is 0.357 e. The van der Waals surface area contributed by atoms with Crippen molar-refractivity contribution in [2.24, 2.45) is 4.99 Å². The normalized spacial score (nSPS) is 15.8. The molecular formula is C18H23N7. The lowest BCUT2D eigenvalue weighted by Gasteiger charge is -2.33. The number of aromatic nitrogens is 3. The fraction of sp³-hybridized carbons (Fsp3) is 0.444. The maximum atomic E-state index is 8.87. The minimum absolute atomic E-state index is 0.445. The second-order valence-electron chi connectivity index (χ2n) is 6.11. The Kier molecular flexibility index (Phi) is 5.62. The molecule has 0 aliphatic carbocycles. The van der Waals surface area contributed by atoms with Crippen molar-refractivity contribution >= 4 is 5.96 Å². The summed E-state index contributed by atoms with van der Waals surface area (Å²) in [6.07, 6.45) is 3.65. The van der Waals surface area contributed by atoms with Gasteiger partial charge < -0.3 is 10.2 Å². The van der Waals surface area contributed by atoms with Crippen LogP contribution in [0, 0.1) is 11.3 Å². The molecule has 2 N–H and O–H groups in total. The van der Waals surface area contributed by atoms with Crippen LogP contribution in [0.15, 0.2) is 35.6 Å². The molecule has 1 aromatic heterocycles. The molecule has 25 heavy (non-hydrogen) atoms. The molecule has 130 valence electrons. The summed E-state index contributed by atoms with van der Waals surface area (Å²) in [7, 11) is 0. The summed E-state index contributed by atoms with van der Waals surface area (Å²) in [4.78, 5) is 11.4. The maximum absolute atomic E-state index is 8.87. The SMILES string of the molecule is CCNC(=NCc1ccc(C#N)cc1)N1CCC(c2ncn[nH]2)CC1. The zero-order chi connectivity index (χ0) is 17.5. The van der Waals surface area contributed by atoms with Gasteiger partial charge >= 0.3 is 0 Å². The first-order valence-corrected chi connectivity index (χ1v) is 8.67. The van der Waals surface area contributed by atoms with Crippen molar-refractivity contribution in [1.82, 2.24) is 25.4 Å². The number of guanidine groups is 1. The summed E-state index contributed by atoms with van der Waals surface area (Å²) in [5.41, 5.74) is 1.78. The number of hydrogen-bond acceptors (Lipinski definition) is 4. The predicted molar refractivity (Wildman–Crippen MR) is 95.9 cm³/mol. The van der Waals surface area contributed by atoms with E-state index >= 15 is 0 Å². The van der Waals surface area contributed by atoms with Crippen molar-refractivity contribution in [3.8, 4) is 6.07 Å². The molecule has 2 heterocycles. The lowest BCUT2D eigenvalue weighted by molar-refractivity contribution is 0.299.